The summed E-state index contributed by atoms with van der Waals surface area (Å²) in [6.45, 7) is 6.11. The first-order valence-corrected chi connectivity index (χ1v) is 8.65. The second-order valence-electron chi connectivity index (χ2n) is 6.80. The van der Waals surface area contributed by atoms with E-state index >= 15 is 0 Å². The molecule has 0 heterocycles. The van der Waals surface area contributed by atoms with Gasteiger partial charge in [0.2, 0.25) is 0 Å². The van der Waals surface area contributed by atoms with E-state index in [1.807, 2.05) is 6.08 Å². The van der Waals surface area contributed by atoms with Crippen molar-refractivity contribution in [2.45, 2.75) is 6.92 Å². The minimum Gasteiger partial charge on any atom is -0.0985 e. The van der Waals surface area contributed by atoms with E-state index in [0.29, 0.717) is 0 Å². The van der Waals surface area contributed by atoms with Crippen molar-refractivity contribution in [2.75, 3.05) is 0 Å². The highest BCUT2D eigenvalue weighted by Crippen LogP contribution is 2.32. The molecule has 0 N–H and O–H groups in total. The predicted octanol–water partition coefficient (Wildman–Crippen LogP) is 7.25. The molecule has 0 aliphatic heterocycles. The van der Waals surface area contributed by atoms with Gasteiger partial charge in [-0.2, -0.15) is 0 Å². The summed E-state index contributed by atoms with van der Waals surface area (Å²) in [4.78, 5) is 0. The van der Waals surface area contributed by atoms with E-state index in [1.54, 1.807) is 0 Å². The van der Waals surface area contributed by atoms with E-state index in [2.05, 4.69) is 86.3 Å². The van der Waals surface area contributed by atoms with Crippen LogP contribution >= 0.6 is 0 Å². The van der Waals surface area contributed by atoms with Crippen molar-refractivity contribution in [3.05, 3.63) is 90.5 Å². The van der Waals surface area contributed by atoms with E-state index in [-0.39, 0.29) is 0 Å². The van der Waals surface area contributed by atoms with Crippen molar-refractivity contribution in [1.82, 2.24) is 0 Å². The molecule has 0 heteroatoms. The molecule has 118 valence electrons. The van der Waals surface area contributed by atoms with Crippen LogP contribution in [0.4, 0.5) is 0 Å². The molecule has 0 amide bonds. The Labute approximate surface area is 147 Å². The van der Waals surface area contributed by atoms with Crippen LogP contribution in [0, 0.1) is 6.92 Å². The molecule has 0 fully saturated rings. The highest BCUT2D eigenvalue weighted by atomic mass is 14.1. The highest BCUT2D eigenvalue weighted by Gasteiger charge is 2.06. The van der Waals surface area contributed by atoms with Crippen LogP contribution in [-0.2, 0) is 0 Å². The third kappa shape index (κ3) is 2.15. The second kappa shape index (κ2) is 5.19. The summed E-state index contributed by atoms with van der Waals surface area (Å²) in [5.74, 6) is 0. The molecule has 5 aromatic carbocycles. The lowest BCUT2D eigenvalue weighted by Gasteiger charge is -2.10. The molecule has 0 saturated heterocycles. The Balaban J connectivity index is 1.89. The van der Waals surface area contributed by atoms with Crippen molar-refractivity contribution in [3.8, 4) is 0 Å². The molecule has 0 aromatic heterocycles. The van der Waals surface area contributed by atoms with Crippen LogP contribution < -0.4 is 0 Å². The van der Waals surface area contributed by atoms with E-state index in [9.17, 15) is 0 Å². The van der Waals surface area contributed by atoms with Gasteiger partial charge >= 0.3 is 0 Å². The number of hydrogen-bond acceptors (Lipinski definition) is 0. The number of benzene rings is 5. The first-order valence-electron chi connectivity index (χ1n) is 8.65. The van der Waals surface area contributed by atoms with Crippen molar-refractivity contribution < 1.29 is 0 Å². The molecular weight excluding hydrogens is 300 g/mol. The molecule has 0 unspecified atom stereocenters. The number of rotatable bonds is 1. The Morgan fingerprint density at radius 3 is 1.72 bits per heavy atom. The summed E-state index contributed by atoms with van der Waals surface area (Å²) >= 11 is 0. The van der Waals surface area contributed by atoms with Crippen LogP contribution in [-0.4, -0.2) is 0 Å². The summed E-state index contributed by atoms with van der Waals surface area (Å²) < 4.78 is 0. The molecule has 0 spiro atoms. The maximum atomic E-state index is 3.93. The van der Waals surface area contributed by atoms with Crippen molar-refractivity contribution >= 4 is 49.2 Å². The third-order valence-corrected chi connectivity index (χ3v) is 5.33. The van der Waals surface area contributed by atoms with E-state index in [4.69, 9.17) is 0 Å². The Bertz CT molecular complexity index is 1310. The van der Waals surface area contributed by atoms with Gasteiger partial charge in [0.15, 0.2) is 0 Å². The topological polar surface area (TPSA) is 0 Å². The van der Waals surface area contributed by atoms with Crippen LogP contribution in [0.15, 0.2) is 79.4 Å². The fourth-order valence-corrected chi connectivity index (χ4v) is 3.91. The van der Waals surface area contributed by atoms with Gasteiger partial charge in [0.05, 0.1) is 0 Å². The average Bonchev–Trinajstić information content (AvgIpc) is 2.64. The van der Waals surface area contributed by atoms with Crippen LogP contribution in [0.3, 0.4) is 0 Å². The van der Waals surface area contributed by atoms with Gasteiger partial charge in [-0.25, -0.2) is 0 Å². The zero-order chi connectivity index (χ0) is 17.0. The number of fused-ring (bicyclic) bond motifs is 4. The van der Waals surface area contributed by atoms with Crippen LogP contribution in [0.1, 0.15) is 11.1 Å². The SMILES string of the molecule is C=Cc1ccc2cc3cc4cc5ccccc5cc4cc3cc2c1C. The highest BCUT2D eigenvalue weighted by molar-refractivity contribution is 6.08. The van der Waals surface area contributed by atoms with Crippen LogP contribution in [0.2, 0.25) is 0 Å². The molecule has 0 aliphatic rings. The van der Waals surface area contributed by atoms with Crippen LogP contribution in [0.25, 0.3) is 49.2 Å². The fraction of sp³-hybridized carbons (Fsp3) is 0.0400. The summed E-state index contributed by atoms with van der Waals surface area (Å²) in [7, 11) is 0. The van der Waals surface area contributed by atoms with E-state index in [1.165, 1.54) is 54.2 Å². The normalized spacial score (nSPS) is 11.6. The Morgan fingerprint density at radius 1 is 0.600 bits per heavy atom. The first-order chi connectivity index (χ1) is 12.2. The Morgan fingerprint density at radius 2 is 1.12 bits per heavy atom. The molecule has 0 radical (unpaired) electrons. The first kappa shape index (κ1) is 14.2. The standard InChI is InChI=1S/C25H18/c1-3-17-8-9-20-12-23-13-21-10-18-6-4-5-7-19(18)11-22(21)14-24(23)15-25(20)16(17)2/h3-15H,1H2,2H3. The lowest BCUT2D eigenvalue weighted by atomic mass is 9.94. The predicted molar refractivity (Wildman–Crippen MR) is 111 cm³/mol. The largest absolute Gasteiger partial charge is 0.0985 e. The van der Waals surface area contributed by atoms with Gasteiger partial charge in [-0.15, -0.1) is 0 Å². The Hall–Kier alpha value is -3.12. The van der Waals surface area contributed by atoms with Gasteiger partial charge in [-0.1, -0.05) is 49.1 Å². The van der Waals surface area contributed by atoms with E-state index in [0.717, 1.165) is 0 Å². The fourth-order valence-electron chi connectivity index (χ4n) is 3.91. The minimum absolute atomic E-state index is 1.21. The van der Waals surface area contributed by atoms with Gasteiger partial charge < -0.3 is 0 Å². The summed E-state index contributed by atoms with van der Waals surface area (Å²) in [5, 5.41) is 10.4. The van der Waals surface area contributed by atoms with Gasteiger partial charge in [-0.05, 0) is 97.5 Å². The van der Waals surface area contributed by atoms with Crippen molar-refractivity contribution in [2.24, 2.45) is 0 Å². The van der Waals surface area contributed by atoms with Gasteiger partial charge in [0, 0.05) is 0 Å². The molecule has 0 atom stereocenters. The van der Waals surface area contributed by atoms with Crippen LogP contribution in [0.5, 0.6) is 0 Å². The second-order valence-corrected chi connectivity index (χ2v) is 6.80. The maximum absolute atomic E-state index is 3.93. The molecular formula is C25H18. The quantitative estimate of drug-likeness (QED) is 0.285. The maximum Gasteiger partial charge on any atom is -0.0142 e. The average molecular weight is 318 g/mol. The van der Waals surface area contributed by atoms with Crippen molar-refractivity contribution in [3.63, 3.8) is 0 Å². The molecule has 0 saturated carbocycles. The minimum atomic E-state index is 1.21. The molecule has 25 heavy (non-hydrogen) atoms. The smallest absolute Gasteiger partial charge is 0.0142 e. The van der Waals surface area contributed by atoms with Gasteiger partial charge in [0.1, 0.15) is 0 Å². The summed E-state index contributed by atoms with van der Waals surface area (Å²) in [6.07, 6.45) is 1.94. The molecule has 0 nitrogen and oxygen atoms in total. The molecule has 5 aromatic rings. The molecule has 0 aliphatic carbocycles. The van der Waals surface area contributed by atoms with Gasteiger partial charge in [0.25, 0.3) is 0 Å². The third-order valence-electron chi connectivity index (χ3n) is 5.33. The summed E-state index contributed by atoms with van der Waals surface area (Å²) in [5.41, 5.74) is 2.51. The number of hydrogen-bond donors (Lipinski definition) is 0. The zero-order valence-corrected chi connectivity index (χ0v) is 14.2. The number of aryl methyl sites for hydroxylation is 1. The van der Waals surface area contributed by atoms with E-state index < -0.39 is 0 Å². The monoisotopic (exact) mass is 318 g/mol. The molecule has 5 rings (SSSR count). The lowest BCUT2D eigenvalue weighted by molar-refractivity contribution is 1.51. The van der Waals surface area contributed by atoms with Gasteiger partial charge in [-0.3, -0.25) is 0 Å². The zero-order valence-electron chi connectivity index (χ0n) is 14.2. The summed E-state index contributed by atoms with van der Waals surface area (Å²) in [6, 6.07) is 26.8. The lowest BCUT2D eigenvalue weighted by Crippen LogP contribution is -1.85. The Kier molecular flexibility index (Phi) is 2.96. The van der Waals surface area contributed by atoms with Crippen molar-refractivity contribution in [1.29, 1.82) is 0 Å². The molecule has 0 bridgehead atoms.